The van der Waals surface area contributed by atoms with Gasteiger partial charge in [-0.3, -0.25) is 4.79 Å². The molecule has 1 aliphatic rings. The molecule has 110 valence electrons. The zero-order valence-electron chi connectivity index (χ0n) is 12.0. The molecule has 20 heavy (non-hydrogen) atoms. The Hall–Kier alpha value is -1.09. The van der Waals surface area contributed by atoms with Gasteiger partial charge in [0.05, 0.1) is 5.02 Å². The van der Waals surface area contributed by atoms with Crippen LogP contribution in [0.2, 0.25) is 5.02 Å². The minimum Gasteiger partial charge on any atom is -0.352 e. The Morgan fingerprint density at radius 2 is 2.25 bits per heavy atom. The average Bonchev–Trinajstić information content (AvgIpc) is 3.18. The fourth-order valence-electron chi connectivity index (χ4n) is 2.67. The molecule has 1 aromatic carbocycles. The van der Waals surface area contributed by atoms with Crippen molar-refractivity contribution in [3.8, 4) is 0 Å². The van der Waals surface area contributed by atoms with Crippen molar-refractivity contribution in [1.82, 2.24) is 5.32 Å². The third kappa shape index (κ3) is 3.32. The first kappa shape index (κ1) is 15.3. The maximum absolute atomic E-state index is 13.9. The Morgan fingerprint density at radius 3 is 2.90 bits per heavy atom. The Bertz CT molecular complexity index is 491. The average molecular weight is 298 g/mol. The summed E-state index contributed by atoms with van der Waals surface area (Å²) in [6.07, 6.45) is 3.56. The molecule has 1 fully saturated rings. The zero-order chi connectivity index (χ0) is 14.7. The van der Waals surface area contributed by atoms with Gasteiger partial charge in [0.2, 0.25) is 5.91 Å². The highest BCUT2D eigenvalue weighted by Crippen LogP contribution is 2.43. The fraction of sp³-hybridized carbons (Fsp3) is 0.562. The van der Waals surface area contributed by atoms with E-state index in [1.165, 1.54) is 0 Å². The lowest BCUT2D eigenvalue weighted by molar-refractivity contribution is -0.125. The fourth-order valence-corrected chi connectivity index (χ4v) is 2.86. The van der Waals surface area contributed by atoms with Gasteiger partial charge in [0, 0.05) is 17.9 Å². The lowest BCUT2D eigenvalue weighted by atomic mass is 10.00. The number of rotatable bonds is 6. The van der Waals surface area contributed by atoms with Gasteiger partial charge in [-0.25, -0.2) is 4.39 Å². The van der Waals surface area contributed by atoms with Gasteiger partial charge in [-0.05, 0) is 30.9 Å². The number of benzene rings is 1. The molecule has 1 aliphatic carbocycles. The molecule has 1 amide bonds. The highest BCUT2D eigenvalue weighted by molar-refractivity contribution is 6.30. The number of carbonyl (C=O) groups is 1. The second kappa shape index (κ2) is 6.57. The Morgan fingerprint density at radius 1 is 1.50 bits per heavy atom. The predicted molar refractivity (Wildman–Crippen MR) is 79.4 cm³/mol. The van der Waals surface area contributed by atoms with E-state index < -0.39 is 0 Å². The number of amides is 1. The minimum atomic E-state index is -0.350. The Labute approximate surface area is 124 Å². The van der Waals surface area contributed by atoms with Crippen LogP contribution in [0.4, 0.5) is 4.39 Å². The molecule has 2 rings (SSSR count). The summed E-state index contributed by atoms with van der Waals surface area (Å²) in [7, 11) is 0. The molecule has 0 aliphatic heterocycles. The highest BCUT2D eigenvalue weighted by atomic mass is 35.5. The van der Waals surface area contributed by atoms with Crippen LogP contribution in [0.15, 0.2) is 18.2 Å². The summed E-state index contributed by atoms with van der Waals surface area (Å²) in [5, 5.41) is 3.19. The van der Waals surface area contributed by atoms with Gasteiger partial charge in [0.1, 0.15) is 5.82 Å². The third-order valence-corrected chi connectivity index (χ3v) is 4.29. The van der Waals surface area contributed by atoms with Crippen LogP contribution >= 0.6 is 11.6 Å². The van der Waals surface area contributed by atoms with E-state index in [2.05, 4.69) is 12.2 Å². The number of nitrogens with one attached hydrogen (secondary N) is 1. The topological polar surface area (TPSA) is 29.1 Å². The van der Waals surface area contributed by atoms with Gasteiger partial charge in [0.15, 0.2) is 0 Å². The van der Waals surface area contributed by atoms with Crippen LogP contribution in [0.5, 0.6) is 0 Å². The Kier molecular flexibility index (Phi) is 5.03. The van der Waals surface area contributed by atoms with Gasteiger partial charge in [-0.1, -0.05) is 44.0 Å². The molecule has 0 spiro atoms. The van der Waals surface area contributed by atoms with E-state index >= 15 is 0 Å². The van der Waals surface area contributed by atoms with Crippen LogP contribution < -0.4 is 5.32 Å². The van der Waals surface area contributed by atoms with Crippen molar-refractivity contribution in [2.45, 2.75) is 51.5 Å². The molecule has 0 aromatic heterocycles. The van der Waals surface area contributed by atoms with Gasteiger partial charge < -0.3 is 5.32 Å². The minimum absolute atomic E-state index is 0.0568. The quantitative estimate of drug-likeness (QED) is 0.834. The molecule has 2 nitrogen and oxygen atoms in total. The molecule has 1 N–H and O–H groups in total. The third-order valence-electron chi connectivity index (χ3n) is 4.00. The van der Waals surface area contributed by atoms with Gasteiger partial charge in [0.25, 0.3) is 0 Å². The normalized spacial score (nSPS) is 22.4. The van der Waals surface area contributed by atoms with Crippen LogP contribution in [-0.2, 0) is 4.79 Å². The van der Waals surface area contributed by atoms with E-state index in [1.54, 1.807) is 18.2 Å². The summed E-state index contributed by atoms with van der Waals surface area (Å²) in [6.45, 7) is 4.11. The van der Waals surface area contributed by atoms with E-state index in [0.29, 0.717) is 5.56 Å². The maximum atomic E-state index is 13.9. The number of carbonyl (C=O) groups excluding carboxylic acids is 1. The number of hydrogen-bond donors (Lipinski definition) is 1. The van der Waals surface area contributed by atoms with E-state index in [9.17, 15) is 9.18 Å². The lowest BCUT2D eigenvalue weighted by Crippen LogP contribution is -2.32. The van der Waals surface area contributed by atoms with Crippen molar-refractivity contribution >= 4 is 17.5 Å². The largest absolute Gasteiger partial charge is 0.352 e. The smallest absolute Gasteiger partial charge is 0.223 e. The molecule has 4 heteroatoms. The van der Waals surface area contributed by atoms with E-state index in [4.69, 9.17) is 11.6 Å². The highest BCUT2D eigenvalue weighted by Gasteiger charge is 2.41. The summed E-state index contributed by atoms with van der Waals surface area (Å²) < 4.78 is 13.9. The van der Waals surface area contributed by atoms with Crippen LogP contribution in [-0.4, -0.2) is 11.9 Å². The SMILES string of the molecule is CCCC(CC)C(=O)N[C@@H]1C[C@H]1c1cccc(Cl)c1F. The van der Waals surface area contributed by atoms with E-state index in [1.807, 2.05) is 6.92 Å². The molecule has 1 unspecified atom stereocenters. The van der Waals surface area contributed by atoms with E-state index in [0.717, 1.165) is 25.7 Å². The summed E-state index contributed by atoms with van der Waals surface area (Å²) in [5.74, 6) is -0.108. The molecule has 0 radical (unpaired) electrons. The molecular weight excluding hydrogens is 277 g/mol. The van der Waals surface area contributed by atoms with Crippen LogP contribution in [0.25, 0.3) is 0 Å². The summed E-state index contributed by atoms with van der Waals surface area (Å²) in [5.41, 5.74) is 0.617. The monoisotopic (exact) mass is 297 g/mol. The first-order valence-corrected chi connectivity index (χ1v) is 7.70. The maximum Gasteiger partial charge on any atom is 0.223 e. The molecule has 0 heterocycles. The van der Waals surface area contributed by atoms with Crippen molar-refractivity contribution in [2.75, 3.05) is 0 Å². The molecular formula is C16H21ClFNO. The molecule has 0 bridgehead atoms. The second-order valence-electron chi connectivity index (χ2n) is 5.49. The number of halogens is 2. The van der Waals surface area contributed by atoms with Crippen LogP contribution in [0.1, 0.15) is 51.0 Å². The van der Waals surface area contributed by atoms with Crippen LogP contribution in [0.3, 0.4) is 0 Å². The van der Waals surface area contributed by atoms with Crippen molar-refractivity contribution in [1.29, 1.82) is 0 Å². The molecule has 0 saturated heterocycles. The molecule has 1 saturated carbocycles. The molecule has 1 aromatic rings. The van der Waals surface area contributed by atoms with E-state index in [-0.39, 0.29) is 34.6 Å². The standard InChI is InChI=1S/C16H21ClFNO/c1-3-6-10(4-2)16(20)19-14-9-12(14)11-7-5-8-13(17)15(11)18/h5,7-8,10,12,14H,3-4,6,9H2,1-2H3,(H,19,20)/t10?,12-,14+/m0/s1. The predicted octanol–water partition coefficient (Wildman–Crippen LogP) is 4.28. The van der Waals surface area contributed by atoms with Crippen molar-refractivity contribution in [3.05, 3.63) is 34.6 Å². The summed E-state index contributed by atoms with van der Waals surface area (Å²) >= 11 is 5.79. The second-order valence-corrected chi connectivity index (χ2v) is 5.90. The zero-order valence-corrected chi connectivity index (χ0v) is 12.7. The Balaban J connectivity index is 1.95. The van der Waals surface area contributed by atoms with Crippen molar-refractivity contribution in [3.63, 3.8) is 0 Å². The van der Waals surface area contributed by atoms with Gasteiger partial charge in [-0.15, -0.1) is 0 Å². The van der Waals surface area contributed by atoms with Crippen molar-refractivity contribution < 1.29 is 9.18 Å². The summed E-state index contributed by atoms with van der Waals surface area (Å²) in [4.78, 5) is 12.1. The lowest BCUT2D eigenvalue weighted by Gasteiger charge is -2.14. The van der Waals surface area contributed by atoms with Crippen LogP contribution in [0, 0.1) is 11.7 Å². The van der Waals surface area contributed by atoms with Gasteiger partial charge >= 0.3 is 0 Å². The number of hydrogen-bond acceptors (Lipinski definition) is 1. The van der Waals surface area contributed by atoms with Crippen molar-refractivity contribution in [2.24, 2.45) is 5.92 Å². The summed E-state index contributed by atoms with van der Waals surface area (Å²) in [6, 6.07) is 5.11. The van der Waals surface area contributed by atoms with Gasteiger partial charge in [-0.2, -0.15) is 0 Å². The first-order chi connectivity index (χ1) is 9.58. The first-order valence-electron chi connectivity index (χ1n) is 7.32. The molecule has 3 atom stereocenters.